The van der Waals surface area contributed by atoms with Crippen molar-refractivity contribution in [2.75, 3.05) is 0 Å². The maximum absolute atomic E-state index is 4.32. The maximum atomic E-state index is 4.32. The normalized spacial score (nSPS) is 12.2. The highest BCUT2D eigenvalue weighted by molar-refractivity contribution is 5.26. The van der Waals surface area contributed by atoms with E-state index in [0.29, 0.717) is 5.92 Å². The van der Waals surface area contributed by atoms with Gasteiger partial charge in [0.05, 0.1) is 11.4 Å². The zero-order valence-electron chi connectivity index (χ0n) is 10.0. The van der Waals surface area contributed by atoms with Crippen LogP contribution in [0.4, 0.5) is 0 Å². The average Bonchev–Trinajstić information content (AvgIpc) is 2.01. The molecule has 2 heteroatoms. The molecule has 0 saturated heterocycles. The molecular formula is C12H20N2. The molecule has 0 radical (unpaired) electrons. The Kier molecular flexibility index (Phi) is 2.93. The Balaban J connectivity index is 3.15. The molecule has 1 aromatic rings. The van der Waals surface area contributed by atoms with Crippen molar-refractivity contribution in [2.45, 2.75) is 52.9 Å². The molecule has 1 aromatic heterocycles. The minimum absolute atomic E-state index is 0.0899. The second kappa shape index (κ2) is 3.68. The van der Waals surface area contributed by atoms with Crippen LogP contribution >= 0.6 is 0 Å². The Morgan fingerprint density at radius 3 is 2.07 bits per heavy atom. The molecule has 0 bridgehead atoms. The Labute approximate surface area is 86.8 Å². The lowest BCUT2D eigenvalue weighted by Gasteiger charge is -2.20. The van der Waals surface area contributed by atoms with Crippen LogP contribution < -0.4 is 0 Å². The standard InChI is InChI=1S/C12H20N2/c1-8(2)10-7-9(3)11(14-13-10)12(4,5)6/h7-8H,1-6H3. The summed E-state index contributed by atoms with van der Waals surface area (Å²) in [5.41, 5.74) is 3.51. The SMILES string of the molecule is Cc1cc(C(C)C)nnc1C(C)(C)C. The first-order chi connectivity index (χ1) is 6.32. The van der Waals surface area contributed by atoms with Crippen LogP contribution in [-0.4, -0.2) is 10.2 Å². The summed E-state index contributed by atoms with van der Waals surface area (Å²) in [6.07, 6.45) is 0. The second-order valence-corrected chi connectivity index (χ2v) is 5.21. The zero-order chi connectivity index (χ0) is 10.9. The quantitative estimate of drug-likeness (QED) is 0.683. The molecule has 0 fully saturated rings. The molecule has 0 aromatic carbocycles. The summed E-state index contributed by atoms with van der Waals surface area (Å²) in [4.78, 5) is 0. The van der Waals surface area contributed by atoms with Crippen molar-refractivity contribution >= 4 is 0 Å². The average molecular weight is 192 g/mol. The molecule has 0 atom stereocenters. The lowest BCUT2D eigenvalue weighted by Crippen LogP contribution is -2.17. The highest BCUT2D eigenvalue weighted by atomic mass is 15.1. The molecule has 0 aliphatic rings. The van der Waals surface area contributed by atoms with Crippen molar-refractivity contribution < 1.29 is 0 Å². The van der Waals surface area contributed by atoms with Crippen molar-refractivity contribution in [3.8, 4) is 0 Å². The summed E-state index contributed by atoms with van der Waals surface area (Å²) in [6.45, 7) is 12.9. The fraction of sp³-hybridized carbons (Fsp3) is 0.667. The first kappa shape index (κ1) is 11.2. The van der Waals surface area contributed by atoms with Crippen LogP contribution in [0.1, 0.15) is 57.5 Å². The van der Waals surface area contributed by atoms with Crippen LogP contribution in [0.3, 0.4) is 0 Å². The molecule has 1 heterocycles. The minimum Gasteiger partial charge on any atom is -0.155 e. The number of aryl methyl sites for hydroxylation is 1. The molecule has 0 N–H and O–H groups in total. The van der Waals surface area contributed by atoms with Gasteiger partial charge in [0, 0.05) is 5.41 Å². The summed E-state index contributed by atoms with van der Waals surface area (Å²) in [6, 6.07) is 2.15. The molecule has 0 amide bonds. The van der Waals surface area contributed by atoms with Gasteiger partial charge in [0.25, 0.3) is 0 Å². The Bertz CT molecular complexity index is 322. The van der Waals surface area contributed by atoms with Gasteiger partial charge in [-0.3, -0.25) is 0 Å². The summed E-state index contributed by atoms with van der Waals surface area (Å²) in [7, 11) is 0. The molecule has 0 spiro atoms. The summed E-state index contributed by atoms with van der Waals surface area (Å²) in [5, 5.41) is 8.58. The van der Waals surface area contributed by atoms with Gasteiger partial charge in [-0.05, 0) is 24.5 Å². The van der Waals surface area contributed by atoms with Gasteiger partial charge >= 0.3 is 0 Å². The van der Waals surface area contributed by atoms with Gasteiger partial charge in [-0.15, -0.1) is 0 Å². The van der Waals surface area contributed by atoms with Crippen molar-refractivity contribution in [3.05, 3.63) is 23.0 Å². The lowest BCUT2D eigenvalue weighted by molar-refractivity contribution is 0.549. The smallest absolute Gasteiger partial charge is 0.0713 e. The largest absolute Gasteiger partial charge is 0.155 e. The monoisotopic (exact) mass is 192 g/mol. The van der Waals surface area contributed by atoms with Crippen LogP contribution in [0.5, 0.6) is 0 Å². The van der Waals surface area contributed by atoms with Crippen LogP contribution in [0.2, 0.25) is 0 Å². The molecule has 0 saturated carbocycles. The van der Waals surface area contributed by atoms with E-state index in [-0.39, 0.29) is 5.41 Å². The molecular weight excluding hydrogens is 172 g/mol. The fourth-order valence-corrected chi connectivity index (χ4v) is 1.53. The number of hydrogen-bond donors (Lipinski definition) is 0. The predicted molar refractivity (Wildman–Crippen MR) is 59.6 cm³/mol. The van der Waals surface area contributed by atoms with E-state index in [9.17, 15) is 0 Å². The zero-order valence-corrected chi connectivity index (χ0v) is 10.0. The third-order valence-corrected chi connectivity index (χ3v) is 2.31. The molecule has 1 rings (SSSR count). The van der Waals surface area contributed by atoms with E-state index < -0.39 is 0 Å². The van der Waals surface area contributed by atoms with E-state index in [1.807, 2.05) is 0 Å². The maximum Gasteiger partial charge on any atom is 0.0713 e. The van der Waals surface area contributed by atoms with Gasteiger partial charge in [-0.1, -0.05) is 34.6 Å². The lowest BCUT2D eigenvalue weighted by atomic mass is 9.89. The predicted octanol–water partition coefficient (Wildman–Crippen LogP) is 3.21. The van der Waals surface area contributed by atoms with E-state index in [4.69, 9.17) is 0 Å². The molecule has 14 heavy (non-hydrogen) atoms. The van der Waals surface area contributed by atoms with Gasteiger partial charge in [0.15, 0.2) is 0 Å². The third kappa shape index (κ3) is 2.31. The minimum atomic E-state index is 0.0899. The summed E-state index contributed by atoms with van der Waals surface area (Å²) >= 11 is 0. The molecule has 78 valence electrons. The molecule has 0 unspecified atom stereocenters. The van der Waals surface area contributed by atoms with Gasteiger partial charge in [0.1, 0.15) is 0 Å². The van der Waals surface area contributed by atoms with Crippen LogP contribution in [0.15, 0.2) is 6.07 Å². The summed E-state index contributed by atoms with van der Waals surface area (Å²) < 4.78 is 0. The van der Waals surface area contributed by atoms with Crippen LogP contribution in [0.25, 0.3) is 0 Å². The first-order valence-corrected chi connectivity index (χ1v) is 5.17. The number of rotatable bonds is 1. The van der Waals surface area contributed by atoms with Crippen LogP contribution in [-0.2, 0) is 5.41 Å². The van der Waals surface area contributed by atoms with E-state index in [0.717, 1.165) is 11.4 Å². The van der Waals surface area contributed by atoms with Crippen molar-refractivity contribution in [3.63, 3.8) is 0 Å². The molecule has 0 aliphatic carbocycles. The van der Waals surface area contributed by atoms with Crippen molar-refractivity contribution in [2.24, 2.45) is 0 Å². The topological polar surface area (TPSA) is 25.8 Å². The van der Waals surface area contributed by atoms with Gasteiger partial charge in [-0.2, -0.15) is 10.2 Å². The van der Waals surface area contributed by atoms with E-state index in [2.05, 4.69) is 57.8 Å². The van der Waals surface area contributed by atoms with Gasteiger partial charge in [-0.25, -0.2) is 0 Å². The molecule has 2 nitrogen and oxygen atoms in total. The number of hydrogen-bond acceptors (Lipinski definition) is 2. The van der Waals surface area contributed by atoms with Gasteiger partial charge < -0.3 is 0 Å². The fourth-order valence-electron chi connectivity index (χ4n) is 1.53. The van der Waals surface area contributed by atoms with E-state index in [1.165, 1.54) is 5.56 Å². The van der Waals surface area contributed by atoms with E-state index in [1.54, 1.807) is 0 Å². The first-order valence-electron chi connectivity index (χ1n) is 5.17. The van der Waals surface area contributed by atoms with Crippen LogP contribution in [0, 0.1) is 6.92 Å². The Morgan fingerprint density at radius 2 is 1.71 bits per heavy atom. The summed E-state index contributed by atoms with van der Waals surface area (Å²) in [5.74, 6) is 0.454. The number of nitrogens with zero attached hydrogens (tertiary/aromatic N) is 2. The molecule has 0 aliphatic heterocycles. The highest BCUT2D eigenvalue weighted by Crippen LogP contribution is 2.24. The number of aromatic nitrogens is 2. The Hall–Kier alpha value is -0.920. The highest BCUT2D eigenvalue weighted by Gasteiger charge is 2.19. The second-order valence-electron chi connectivity index (χ2n) is 5.21. The Morgan fingerprint density at radius 1 is 1.14 bits per heavy atom. The van der Waals surface area contributed by atoms with Crippen molar-refractivity contribution in [1.82, 2.24) is 10.2 Å². The third-order valence-electron chi connectivity index (χ3n) is 2.31. The van der Waals surface area contributed by atoms with Gasteiger partial charge in [0.2, 0.25) is 0 Å². The van der Waals surface area contributed by atoms with E-state index >= 15 is 0 Å². The van der Waals surface area contributed by atoms with Crippen molar-refractivity contribution in [1.29, 1.82) is 0 Å².